The molecule has 0 fully saturated rings. The van der Waals surface area contributed by atoms with Crippen LogP contribution in [0.2, 0.25) is 0 Å². The van der Waals surface area contributed by atoms with Crippen molar-refractivity contribution in [3.63, 3.8) is 0 Å². The number of amides is 1. The molecule has 0 spiro atoms. The molecule has 1 aromatic carbocycles. The number of hydrogen-bond acceptors (Lipinski definition) is 3. The van der Waals surface area contributed by atoms with Crippen LogP contribution in [-0.4, -0.2) is 19.0 Å². The Bertz CT molecular complexity index is 484. The number of halogens is 1. The zero-order chi connectivity index (χ0) is 13.5. The maximum atomic E-state index is 13.2. The van der Waals surface area contributed by atoms with E-state index in [4.69, 9.17) is 11.3 Å². The zero-order valence-electron chi connectivity index (χ0n) is 9.93. The summed E-state index contributed by atoms with van der Waals surface area (Å²) in [5, 5.41) is 6.16. The number of nitrogens with zero attached hydrogens (tertiary/aromatic N) is 3. The molecular weight excluding hydrogens is 237 g/mol. The van der Waals surface area contributed by atoms with Crippen LogP contribution >= 0.6 is 0 Å². The summed E-state index contributed by atoms with van der Waals surface area (Å²) in [6, 6.07) is 3.37. The van der Waals surface area contributed by atoms with E-state index in [1.54, 1.807) is 13.0 Å². The lowest BCUT2D eigenvalue weighted by Gasteiger charge is -2.17. The van der Waals surface area contributed by atoms with E-state index in [9.17, 15) is 9.18 Å². The minimum atomic E-state index is -0.797. The molecule has 1 unspecified atom stereocenters. The lowest BCUT2D eigenvalue weighted by atomic mass is 10.0. The second-order valence-corrected chi connectivity index (χ2v) is 3.74. The summed E-state index contributed by atoms with van der Waals surface area (Å²) >= 11 is 0. The molecule has 0 bridgehead atoms. The van der Waals surface area contributed by atoms with E-state index in [1.807, 2.05) is 0 Å². The first-order valence-corrected chi connectivity index (χ1v) is 5.36. The Morgan fingerprint density at radius 2 is 2.39 bits per heavy atom. The van der Waals surface area contributed by atoms with Crippen LogP contribution in [-0.2, 0) is 4.79 Å². The lowest BCUT2D eigenvalue weighted by molar-refractivity contribution is -0.120. The Balaban J connectivity index is 2.87. The van der Waals surface area contributed by atoms with Crippen LogP contribution < -0.4 is 11.1 Å². The van der Waals surface area contributed by atoms with Crippen molar-refractivity contribution >= 4 is 5.91 Å². The third-order valence-corrected chi connectivity index (χ3v) is 2.46. The van der Waals surface area contributed by atoms with Crippen LogP contribution in [0.1, 0.15) is 17.2 Å². The minimum Gasteiger partial charge on any atom is -0.368 e. The first-order valence-electron chi connectivity index (χ1n) is 5.36. The summed E-state index contributed by atoms with van der Waals surface area (Å²) in [5.41, 5.74) is 14.7. The molecule has 6 nitrogen and oxygen atoms in total. The zero-order valence-corrected chi connectivity index (χ0v) is 9.93. The van der Waals surface area contributed by atoms with Gasteiger partial charge in [-0.25, -0.2) is 4.39 Å². The van der Waals surface area contributed by atoms with Gasteiger partial charge in [0.25, 0.3) is 0 Å². The molecule has 0 aliphatic carbocycles. The Morgan fingerprint density at radius 3 is 3.00 bits per heavy atom. The molecule has 1 atom stereocenters. The number of nitrogens with one attached hydrogen (secondary N) is 1. The topological polar surface area (TPSA) is 104 Å². The van der Waals surface area contributed by atoms with Crippen molar-refractivity contribution in [3.8, 4) is 0 Å². The van der Waals surface area contributed by atoms with Crippen LogP contribution in [0.5, 0.6) is 0 Å². The second-order valence-electron chi connectivity index (χ2n) is 3.74. The molecule has 7 heteroatoms. The summed E-state index contributed by atoms with van der Waals surface area (Å²) in [6.45, 7) is 2.24. The number of primary amides is 1. The average molecular weight is 251 g/mol. The van der Waals surface area contributed by atoms with Crippen LogP contribution in [0.15, 0.2) is 23.3 Å². The Kier molecular flexibility index (Phi) is 5.10. The van der Waals surface area contributed by atoms with Crippen molar-refractivity contribution < 1.29 is 9.18 Å². The van der Waals surface area contributed by atoms with Gasteiger partial charge in [0.2, 0.25) is 5.91 Å². The molecule has 0 radical (unpaired) electrons. The number of rotatable bonds is 6. The van der Waals surface area contributed by atoms with Gasteiger partial charge in [0.15, 0.2) is 0 Å². The van der Waals surface area contributed by atoms with Crippen molar-refractivity contribution in [3.05, 3.63) is 45.6 Å². The molecular formula is C11H14FN5O. The second kappa shape index (κ2) is 6.58. The Labute approximate surface area is 104 Å². The summed E-state index contributed by atoms with van der Waals surface area (Å²) in [4.78, 5) is 14.0. The first kappa shape index (κ1) is 14.0. The van der Waals surface area contributed by atoms with Crippen LogP contribution in [0.25, 0.3) is 10.4 Å². The molecule has 1 amide bonds. The fourth-order valence-corrected chi connectivity index (χ4v) is 1.59. The number of hydrogen-bond donors (Lipinski definition) is 2. The smallest absolute Gasteiger partial charge is 0.239 e. The molecule has 0 aromatic heterocycles. The summed E-state index contributed by atoms with van der Waals surface area (Å²) < 4.78 is 13.2. The average Bonchev–Trinajstić information content (AvgIpc) is 2.32. The van der Waals surface area contributed by atoms with Crippen LogP contribution in [0.4, 0.5) is 4.39 Å². The van der Waals surface area contributed by atoms with Gasteiger partial charge in [0, 0.05) is 18.0 Å². The van der Waals surface area contributed by atoms with Crippen molar-refractivity contribution in [1.82, 2.24) is 5.32 Å². The predicted molar refractivity (Wildman–Crippen MR) is 65.1 cm³/mol. The number of carbonyl (C=O) groups is 1. The summed E-state index contributed by atoms with van der Waals surface area (Å²) in [5.74, 6) is -1.04. The lowest BCUT2D eigenvalue weighted by Crippen LogP contribution is -2.35. The Hall–Kier alpha value is -2.11. The Morgan fingerprint density at radius 1 is 1.67 bits per heavy atom. The fraction of sp³-hybridized carbons (Fsp3) is 0.364. The highest BCUT2D eigenvalue weighted by atomic mass is 19.1. The molecule has 0 heterocycles. The minimum absolute atomic E-state index is 0.189. The van der Waals surface area contributed by atoms with E-state index in [1.165, 1.54) is 12.1 Å². The van der Waals surface area contributed by atoms with E-state index in [0.717, 1.165) is 5.56 Å². The van der Waals surface area contributed by atoms with Gasteiger partial charge in [-0.15, -0.1) is 0 Å². The monoisotopic (exact) mass is 251 g/mol. The molecule has 0 aliphatic heterocycles. The largest absolute Gasteiger partial charge is 0.368 e. The molecule has 0 saturated heterocycles. The van der Waals surface area contributed by atoms with Gasteiger partial charge in [-0.05, 0) is 35.7 Å². The summed E-state index contributed by atoms with van der Waals surface area (Å²) in [6.07, 6.45) is 0. The van der Waals surface area contributed by atoms with Crippen LogP contribution in [0.3, 0.4) is 0 Å². The highest BCUT2D eigenvalue weighted by Gasteiger charge is 2.19. The van der Waals surface area contributed by atoms with Crippen molar-refractivity contribution in [2.45, 2.75) is 13.0 Å². The molecule has 0 saturated carbocycles. The number of benzene rings is 1. The summed E-state index contributed by atoms with van der Waals surface area (Å²) in [7, 11) is 0. The number of nitrogens with two attached hydrogens (primary N) is 1. The third-order valence-electron chi connectivity index (χ3n) is 2.46. The number of carbonyl (C=O) groups excluding carboxylic acids is 1. The van der Waals surface area contributed by atoms with Gasteiger partial charge in [-0.2, -0.15) is 0 Å². The first-order chi connectivity index (χ1) is 8.56. The van der Waals surface area contributed by atoms with E-state index < -0.39 is 17.8 Å². The van der Waals surface area contributed by atoms with E-state index >= 15 is 0 Å². The maximum Gasteiger partial charge on any atom is 0.239 e. The van der Waals surface area contributed by atoms with Gasteiger partial charge in [0.1, 0.15) is 11.9 Å². The van der Waals surface area contributed by atoms with Crippen molar-refractivity contribution in [1.29, 1.82) is 0 Å². The molecule has 18 heavy (non-hydrogen) atoms. The maximum absolute atomic E-state index is 13.2. The van der Waals surface area contributed by atoms with Gasteiger partial charge >= 0.3 is 0 Å². The van der Waals surface area contributed by atoms with E-state index in [-0.39, 0.29) is 13.1 Å². The van der Waals surface area contributed by atoms with Gasteiger partial charge < -0.3 is 11.1 Å². The van der Waals surface area contributed by atoms with Gasteiger partial charge in [-0.3, -0.25) is 4.79 Å². The number of aryl methyl sites for hydroxylation is 1. The normalized spacial score (nSPS) is 11.7. The predicted octanol–water partition coefficient (Wildman–Crippen LogP) is 1.56. The molecule has 96 valence electrons. The highest BCUT2D eigenvalue weighted by molar-refractivity contribution is 5.81. The van der Waals surface area contributed by atoms with E-state index in [2.05, 4.69) is 15.3 Å². The SMILES string of the molecule is Cc1ccc(F)cc1C(NCCN=[N+]=[N-])C(N)=O. The standard InChI is InChI=1S/C11H14FN5O/c1-7-2-3-8(12)6-9(7)10(11(13)18)15-4-5-16-17-14/h2-3,6,10,15H,4-5H2,1H3,(H2,13,18). The van der Waals surface area contributed by atoms with Crippen LogP contribution in [0, 0.1) is 12.7 Å². The van der Waals surface area contributed by atoms with Gasteiger partial charge in [-0.1, -0.05) is 11.2 Å². The quantitative estimate of drug-likeness (QED) is 0.346. The number of azide groups is 1. The molecule has 1 rings (SSSR count). The fourth-order valence-electron chi connectivity index (χ4n) is 1.59. The third kappa shape index (κ3) is 3.73. The van der Waals surface area contributed by atoms with Gasteiger partial charge in [0.05, 0.1) is 0 Å². The molecule has 0 aliphatic rings. The van der Waals surface area contributed by atoms with Crippen molar-refractivity contribution in [2.24, 2.45) is 10.8 Å². The molecule has 3 N–H and O–H groups in total. The van der Waals surface area contributed by atoms with E-state index in [0.29, 0.717) is 5.56 Å². The highest BCUT2D eigenvalue weighted by Crippen LogP contribution is 2.18. The molecule has 1 aromatic rings. The van der Waals surface area contributed by atoms with Crippen molar-refractivity contribution in [2.75, 3.05) is 13.1 Å².